The predicted octanol–water partition coefficient (Wildman–Crippen LogP) is -0.502. The first-order chi connectivity index (χ1) is 7.83. The molecular formula is C11H22N2O4. The lowest BCUT2D eigenvalue weighted by Gasteiger charge is -2.28. The van der Waals surface area contributed by atoms with Gasteiger partial charge < -0.3 is 15.6 Å². The molecule has 0 saturated heterocycles. The number of hydrogen-bond donors (Lipinski definition) is 2. The Morgan fingerprint density at radius 2 is 2.06 bits per heavy atom. The van der Waals surface area contributed by atoms with Crippen LogP contribution in [0.4, 0.5) is 0 Å². The number of primary amides is 1. The summed E-state index contributed by atoms with van der Waals surface area (Å²) in [5.41, 5.74) is 3.49. The van der Waals surface area contributed by atoms with Gasteiger partial charge in [0.25, 0.3) is 0 Å². The van der Waals surface area contributed by atoms with E-state index in [9.17, 15) is 14.7 Å². The zero-order valence-corrected chi connectivity index (χ0v) is 10.7. The molecule has 0 fully saturated rings. The zero-order valence-electron chi connectivity index (χ0n) is 10.7. The Morgan fingerprint density at radius 3 is 2.47 bits per heavy atom. The Labute approximate surface area is 102 Å². The van der Waals surface area contributed by atoms with Crippen LogP contribution in [-0.2, 0) is 14.3 Å². The summed E-state index contributed by atoms with van der Waals surface area (Å²) in [5.74, 6) is -1.20. The van der Waals surface area contributed by atoms with Gasteiger partial charge in [0.2, 0.25) is 5.91 Å². The maximum Gasteiger partial charge on any atom is 0.338 e. The molecule has 3 N–H and O–H groups in total. The molecule has 0 heterocycles. The highest BCUT2D eigenvalue weighted by molar-refractivity contribution is 5.79. The number of nitrogens with zero attached hydrogens (tertiary/aromatic N) is 1. The van der Waals surface area contributed by atoms with E-state index < -0.39 is 17.5 Å². The van der Waals surface area contributed by atoms with Crippen molar-refractivity contribution in [3.63, 3.8) is 0 Å². The Kier molecular flexibility index (Phi) is 6.75. The van der Waals surface area contributed by atoms with Crippen molar-refractivity contribution in [3.05, 3.63) is 0 Å². The average molecular weight is 246 g/mol. The third-order valence-corrected chi connectivity index (χ3v) is 2.36. The molecule has 0 aliphatic heterocycles. The van der Waals surface area contributed by atoms with Crippen LogP contribution in [0.1, 0.15) is 26.7 Å². The smallest absolute Gasteiger partial charge is 0.338 e. The molecule has 0 saturated carbocycles. The van der Waals surface area contributed by atoms with Gasteiger partial charge in [-0.3, -0.25) is 9.69 Å². The van der Waals surface area contributed by atoms with E-state index in [2.05, 4.69) is 4.74 Å². The minimum Gasteiger partial charge on any atom is -0.467 e. The Hall–Kier alpha value is -1.14. The monoisotopic (exact) mass is 246 g/mol. The molecular weight excluding hydrogens is 224 g/mol. The molecule has 0 radical (unpaired) electrons. The number of aliphatic hydroxyl groups is 1. The number of amides is 1. The SMILES string of the molecule is CCCCN(CC(N)=O)CC(C)(O)C(=O)OC. The van der Waals surface area contributed by atoms with Crippen molar-refractivity contribution in [2.75, 3.05) is 26.7 Å². The van der Waals surface area contributed by atoms with Gasteiger partial charge >= 0.3 is 5.97 Å². The molecule has 0 aliphatic carbocycles. The maximum absolute atomic E-state index is 11.3. The van der Waals surface area contributed by atoms with Gasteiger partial charge in [0, 0.05) is 6.54 Å². The number of methoxy groups -OCH3 is 1. The molecule has 0 spiro atoms. The van der Waals surface area contributed by atoms with Crippen molar-refractivity contribution >= 4 is 11.9 Å². The number of esters is 1. The van der Waals surface area contributed by atoms with Gasteiger partial charge in [-0.25, -0.2) is 4.79 Å². The molecule has 17 heavy (non-hydrogen) atoms. The largest absolute Gasteiger partial charge is 0.467 e. The molecule has 0 aromatic rings. The molecule has 6 heteroatoms. The van der Waals surface area contributed by atoms with Gasteiger partial charge in [0.1, 0.15) is 0 Å². The lowest BCUT2D eigenvalue weighted by atomic mass is 10.1. The normalized spacial score (nSPS) is 14.4. The number of ether oxygens (including phenoxy) is 1. The minimum absolute atomic E-state index is 0.0210. The third-order valence-electron chi connectivity index (χ3n) is 2.36. The number of carbonyl (C=O) groups excluding carboxylic acids is 2. The summed E-state index contributed by atoms with van der Waals surface area (Å²) >= 11 is 0. The van der Waals surface area contributed by atoms with Gasteiger partial charge in [0.05, 0.1) is 13.7 Å². The molecule has 0 rings (SSSR count). The number of hydrogen-bond acceptors (Lipinski definition) is 5. The molecule has 1 unspecified atom stereocenters. The van der Waals surface area contributed by atoms with Crippen LogP contribution in [0.2, 0.25) is 0 Å². The maximum atomic E-state index is 11.3. The molecule has 1 atom stereocenters. The van der Waals surface area contributed by atoms with Crippen LogP contribution < -0.4 is 5.73 Å². The van der Waals surface area contributed by atoms with Crippen molar-refractivity contribution in [2.45, 2.75) is 32.3 Å². The highest BCUT2D eigenvalue weighted by Gasteiger charge is 2.33. The average Bonchev–Trinajstić information content (AvgIpc) is 2.23. The van der Waals surface area contributed by atoms with Crippen molar-refractivity contribution in [1.82, 2.24) is 4.90 Å². The van der Waals surface area contributed by atoms with E-state index in [4.69, 9.17) is 5.73 Å². The minimum atomic E-state index is -1.63. The second-order valence-corrected chi connectivity index (χ2v) is 4.30. The highest BCUT2D eigenvalue weighted by Crippen LogP contribution is 2.09. The van der Waals surface area contributed by atoms with Crippen LogP contribution in [0, 0.1) is 0 Å². The second kappa shape index (κ2) is 7.24. The molecule has 0 bridgehead atoms. The van der Waals surface area contributed by atoms with Gasteiger partial charge in [0.15, 0.2) is 5.60 Å². The molecule has 100 valence electrons. The van der Waals surface area contributed by atoms with E-state index in [1.54, 1.807) is 4.90 Å². The van der Waals surface area contributed by atoms with Crippen LogP contribution in [0.15, 0.2) is 0 Å². The number of carbonyl (C=O) groups is 2. The number of unbranched alkanes of at least 4 members (excludes halogenated alkanes) is 1. The Bertz CT molecular complexity index is 266. The van der Waals surface area contributed by atoms with E-state index in [1.807, 2.05) is 6.92 Å². The number of rotatable bonds is 8. The first-order valence-electron chi connectivity index (χ1n) is 5.65. The van der Waals surface area contributed by atoms with E-state index in [-0.39, 0.29) is 13.1 Å². The first kappa shape index (κ1) is 15.9. The Balaban J connectivity index is 4.49. The van der Waals surface area contributed by atoms with E-state index >= 15 is 0 Å². The third kappa shape index (κ3) is 6.23. The first-order valence-corrected chi connectivity index (χ1v) is 5.65. The summed E-state index contributed by atoms with van der Waals surface area (Å²) in [6.07, 6.45) is 1.82. The van der Waals surface area contributed by atoms with E-state index in [0.717, 1.165) is 12.8 Å². The number of nitrogens with two attached hydrogens (primary N) is 1. The Morgan fingerprint density at radius 1 is 1.47 bits per heavy atom. The van der Waals surface area contributed by atoms with Gasteiger partial charge in [-0.1, -0.05) is 13.3 Å². The van der Waals surface area contributed by atoms with Gasteiger partial charge in [-0.15, -0.1) is 0 Å². The lowest BCUT2D eigenvalue weighted by Crippen LogP contribution is -2.49. The lowest BCUT2D eigenvalue weighted by molar-refractivity contribution is -0.162. The molecule has 0 aromatic carbocycles. The molecule has 1 amide bonds. The van der Waals surface area contributed by atoms with Gasteiger partial charge in [-0.2, -0.15) is 0 Å². The quantitative estimate of drug-likeness (QED) is 0.563. The highest BCUT2D eigenvalue weighted by atomic mass is 16.5. The predicted molar refractivity (Wildman–Crippen MR) is 63.2 cm³/mol. The van der Waals surface area contributed by atoms with Crippen molar-refractivity contribution in [3.8, 4) is 0 Å². The van der Waals surface area contributed by atoms with E-state index in [0.29, 0.717) is 6.54 Å². The summed E-state index contributed by atoms with van der Waals surface area (Å²) < 4.78 is 4.49. The summed E-state index contributed by atoms with van der Waals surface area (Å²) in [4.78, 5) is 23.8. The van der Waals surface area contributed by atoms with Gasteiger partial charge in [-0.05, 0) is 19.9 Å². The standard InChI is InChI=1S/C11H22N2O4/c1-4-5-6-13(7-9(12)14)8-11(2,16)10(15)17-3/h16H,4-8H2,1-3H3,(H2,12,14). The fraction of sp³-hybridized carbons (Fsp3) is 0.818. The summed E-state index contributed by atoms with van der Waals surface area (Å²) in [5, 5.41) is 9.90. The van der Waals surface area contributed by atoms with Crippen LogP contribution in [0.25, 0.3) is 0 Å². The molecule has 0 aliphatic rings. The second-order valence-electron chi connectivity index (χ2n) is 4.30. The van der Waals surface area contributed by atoms with E-state index in [1.165, 1.54) is 14.0 Å². The fourth-order valence-corrected chi connectivity index (χ4v) is 1.54. The summed E-state index contributed by atoms with van der Waals surface area (Å²) in [6, 6.07) is 0. The molecule has 6 nitrogen and oxygen atoms in total. The van der Waals surface area contributed by atoms with Crippen molar-refractivity contribution in [2.24, 2.45) is 5.73 Å². The molecule has 0 aromatic heterocycles. The van der Waals surface area contributed by atoms with Crippen LogP contribution in [0.3, 0.4) is 0 Å². The fourth-order valence-electron chi connectivity index (χ4n) is 1.54. The zero-order chi connectivity index (χ0) is 13.5. The summed E-state index contributed by atoms with van der Waals surface area (Å²) in [6.45, 7) is 4.03. The topological polar surface area (TPSA) is 92.9 Å². The van der Waals surface area contributed by atoms with Crippen molar-refractivity contribution < 1.29 is 19.4 Å². The van der Waals surface area contributed by atoms with Crippen molar-refractivity contribution in [1.29, 1.82) is 0 Å². The van der Waals surface area contributed by atoms with Crippen LogP contribution >= 0.6 is 0 Å². The van der Waals surface area contributed by atoms with Crippen LogP contribution in [0.5, 0.6) is 0 Å². The van der Waals surface area contributed by atoms with Crippen LogP contribution in [-0.4, -0.2) is 54.2 Å². The summed E-state index contributed by atoms with van der Waals surface area (Å²) in [7, 11) is 1.21.